The average Bonchev–Trinajstić information content (AvgIpc) is 2.76. The van der Waals surface area contributed by atoms with Gasteiger partial charge in [-0.25, -0.2) is 0 Å². The Kier molecular flexibility index (Phi) is 6.21. The number of hydrogen-bond donors (Lipinski definition) is 2. The molecule has 0 radical (unpaired) electrons. The Balaban J connectivity index is 1.86. The molecule has 0 aliphatic rings. The van der Waals surface area contributed by atoms with Crippen molar-refractivity contribution in [3.8, 4) is 0 Å². The van der Waals surface area contributed by atoms with E-state index >= 15 is 0 Å². The van der Waals surface area contributed by atoms with Crippen LogP contribution in [0.5, 0.6) is 0 Å². The number of nitrogens with zero attached hydrogens (tertiary/aromatic N) is 1. The summed E-state index contributed by atoms with van der Waals surface area (Å²) in [7, 11) is 0. The fraction of sp³-hybridized carbons (Fsp3) is 0.412. The summed E-state index contributed by atoms with van der Waals surface area (Å²) < 4.78 is 3.02. The van der Waals surface area contributed by atoms with Crippen LogP contribution < -0.4 is 5.32 Å². The van der Waals surface area contributed by atoms with E-state index in [1.165, 1.54) is 0 Å². The molecule has 0 aliphatic heterocycles. The predicted molar refractivity (Wildman–Crippen MR) is 93.5 cm³/mol. The number of unbranched alkanes of at least 4 members (excludes halogenated alkanes) is 2. The zero-order chi connectivity index (χ0) is 16.8. The molecule has 0 saturated carbocycles. The highest BCUT2D eigenvalue weighted by Gasteiger charge is 2.13. The number of aromatic nitrogens is 1. The second-order valence-electron chi connectivity index (χ2n) is 5.56. The molecule has 0 unspecified atom stereocenters. The Hall–Kier alpha value is -1.82. The molecule has 1 aromatic carbocycles. The first-order valence-electron chi connectivity index (χ1n) is 7.72. The van der Waals surface area contributed by atoms with E-state index in [1.807, 2.05) is 35.8 Å². The molecule has 6 heteroatoms. The van der Waals surface area contributed by atoms with Gasteiger partial charge in [0.2, 0.25) is 5.91 Å². The number of para-hydroxylation sites is 1. The van der Waals surface area contributed by atoms with Gasteiger partial charge < -0.3 is 15.0 Å². The van der Waals surface area contributed by atoms with Crippen molar-refractivity contribution >= 4 is 38.7 Å². The van der Waals surface area contributed by atoms with Crippen molar-refractivity contribution in [3.05, 3.63) is 34.4 Å². The fourth-order valence-electron chi connectivity index (χ4n) is 2.60. The summed E-state index contributed by atoms with van der Waals surface area (Å²) in [6.45, 7) is 2.86. The van der Waals surface area contributed by atoms with Crippen molar-refractivity contribution in [1.82, 2.24) is 9.88 Å². The Morgan fingerprint density at radius 3 is 2.70 bits per heavy atom. The van der Waals surface area contributed by atoms with E-state index in [0.717, 1.165) is 33.9 Å². The van der Waals surface area contributed by atoms with Gasteiger partial charge in [-0.05, 0) is 41.8 Å². The number of carboxylic acids is 1. The molecule has 5 nitrogen and oxygen atoms in total. The van der Waals surface area contributed by atoms with Crippen LogP contribution >= 0.6 is 15.9 Å². The third kappa shape index (κ3) is 4.58. The van der Waals surface area contributed by atoms with Crippen LogP contribution in [-0.4, -0.2) is 28.1 Å². The highest BCUT2D eigenvalue weighted by atomic mass is 79.9. The second kappa shape index (κ2) is 8.15. The number of rotatable bonds is 8. The molecular formula is C17H21BrN2O3. The fourth-order valence-corrected chi connectivity index (χ4v) is 3.15. The van der Waals surface area contributed by atoms with Crippen LogP contribution in [0.2, 0.25) is 0 Å². The molecule has 2 aromatic rings. The van der Waals surface area contributed by atoms with E-state index in [1.54, 1.807) is 0 Å². The molecule has 0 atom stereocenters. The van der Waals surface area contributed by atoms with E-state index in [4.69, 9.17) is 5.11 Å². The van der Waals surface area contributed by atoms with Gasteiger partial charge in [0, 0.05) is 34.0 Å². The molecule has 0 saturated heterocycles. The third-order valence-electron chi connectivity index (χ3n) is 3.85. The summed E-state index contributed by atoms with van der Waals surface area (Å²) in [5.41, 5.74) is 2.07. The molecule has 1 heterocycles. The minimum absolute atomic E-state index is 0.0282. The van der Waals surface area contributed by atoms with E-state index < -0.39 is 5.97 Å². The Labute approximate surface area is 143 Å². The maximum absolute atomic E-state index is 12.1. The maximum atomic E-state index is 12.1. The minimum atomic E-state index is -0.769. The lowest BCUT2D eigenvalue weighted by atomic mass is 10.2. The normalized spacial score (nSPS) is 10.9. The van der Waals surface area contributed by atoms with Gasteiger partial charge in [0.1, 0.15) is 6.54 Å². The second-order valence-corrected chi connectivity index (χ2v) is 6.35. The maximum Gasteiger partial charge on any atom is 0.303 e. The Morgan fingerprint density at radius 2 is 1.96 bits per heavy atom. The number of carbonyl (C=O) groups is 2. The van der Waals surface area contributed by atoms with Crippen LogP contribution in [0.1, 0.15) is 31.4 Å². The van der Waals surface area contributed by atoms with E-state index in [-0.39, 0.29) is 18.9 Å². The van der Waals surface area contributed by atoms with Crippen molar-refractivity contribution in [2.45, 2.75) is 39.2 Å². The summed E-state index contributed by atoms with van der Waals surface area (Å²) in [6.07, 6.45) is 2.45. The molecule has 124 valence electrons. The van der Waals surface area contributed by atoms with Crippen molar-refractivity contribution in [2.24, 2.45) is 0 Å². The number of carboxylic acid groups (broad SMARTS) is 1. The summed E-state index contributed by atoms with van der Waals surface area (Å²) in [5, 5.41) is 12.6. The van der Waals surface area contributed by atoms with Gasteiger partial charge >= 0.3 is 5.97 Å². The van der Waals surface area contributed by atoms with Gasteiger partial charge in [-0.2, -0.15) is 0 Å². The molecule has 0 spiro atoms. The van der Waals surface area contributed by atoms with E-state index in [2.05, 4.69) is 21.2 Å². The largest absolute Gasteiger partial charge is 0.481 e. The van der Waals surface area contributed by atoms with Gasteiger partial charge in [0.15, 0.2) is 0 Å². The molecular weight excluding hydrogens is 360 g/mol. The molecule has 23 heavy (non-hydrogen) atoms. The van der Waals surface area contributed by atoms with Crippen molar-refractivity contribution in [1.29, 1.82) is 0 Å². The summed E-state index contributed by atoms with van der Waals surface area (Å²) in [6, 6.07) is 7.98. The van der Waals surface area contributed by atoms with E-state index in [0.29, 0.717) is 13.0 Å². The van der Waals surface area contributed by atoms with Gasteiger partial charge in [-0.1, -0.05) is 24.6 Å². The Bertz CT molecular complexity index is 709. The monoisotopic (exact) mass is 380 g/mol. The lowest BCUT2D eigenvalue weighted by Gasteiger charge is -2.09. The van der Waals surface area contributed by atoms with Gasteiger partial charge in [-0.15, -0.1) is 0 Å². The first kappa shape index (κ1) is 17.5. The molecule has 1 aromatic heterocycles. The van der Waals surface area contributed by atoms with Gasteiger partial charge in [-0.3, -0.25) is 9.59 Å². The average molecular weight is 381 g/mol. The van der Waals surface area contributed by atoms with Crippen LogP contribution in [0.25, 0.3) is 10.9 Å². The number of hydrogen-bond acceptors (Lipinski definition) is 2. The van der Waals surface area contributed by atoms with Gasteiger partial charge in [0.05, 0.1) is 0 Å². The van der Waals surface area contributed by atoms with Crippen LogP contribution in [0.4, 0.5) is 0 Å². The Morgan fingerprint density at radius 1 is 1.22 bits per heavy atom. The van der Waals surface area contributed by atoms with Crippen molar-refractivity contribution < 1.29 is 14.7 Å². The predicted octanol–water partition coefficient (Wildman–Crippen LogP) is 3.47. The van der Waals surface area contributed by atoms with Crippen molar-refractivity contribution in [3.63, 3.8) is 0 Å². The minimum Gasteiger partial charge on any atom is -0.481 e. The topological polar surface area (TPSA) is 71.3 Å². The molecule has 2 N–H and O–H groups in total. The standard InChI is InChI=1S/C17H21BrN2O3/c1-12-17(18)13-7-4-5-8-14(13)20(12)11-15(21)19-10-6-2-3-9-16(22)23/h4-5,7-8H,2-3,6,9-11H2,1H3,(H,19,21)(H,22,23). The smallest absolute Gasteiger partial charge is 0.303 e. The zero-order valence-corrected chi connectivity index (χ0v) is 14.7. The molecule has 0 bridgehead atoms. The van der Waals surface area contributed by atoms with E-state index in [9.17, 15) is 9.59 Å². The van der Waals surface area contributed by atoms with Gasteiger partial charge in [0.25, 0.3) is 0 Å². The first-order chi connectivity index (χ1) is 11.0. The van der Waals surface area contributed by atoms with Crippen LogP contribution in [0.15, 0.2) is 28.7 Å². The van der Waals surface area contributed by atoms with Crippen molar-refractivity contribution in [2.75, 3.05) is 6.54 Å². The third-order valence-corrected chi connectivity index (χ3v) is 4.85. The van der Waals surface area contributed by atoms with Crippen LogP contribution in [-0.2, 0) is 16.1 Å². The number of aliphatic carboxylic acids is 1. The SMILES string of the molecule is Cc1c(Br)c2ccccc2n1CC(=O)NCCCCCC(=O)O. The lowest BCUT2D eigenvalue weighted by molar-refractivity contribution is -0.137. The summed E-state index contributed by atoms with van der Waals surface area (Å²) in [4.78, 5) is 22.5. The summed E-state index contributed by atoms with van der Waals surface area (Å²) in [5.74, 6) is -0.797. The highest BCUT2D eigenvalue weighted by Crippen LogP contribution is 2.30. The number of benzene rings is 1. The summed E-state index contributed by atoms with van der Waals surface area (Å²) >= 11 is 3.58. The number of nitrogens with one attached hydrogen (secondary N) is 1. The number of fused-ring (bicyclic) bond motifs is 1. The molecule has 2 rings (SSSR count). The first-order valence-corrected chi connectivity index (χ1v) is 8.52. The zero-order valence-electron chi connectivity index (χ0n) is 13.1. The molecule has 0 fully saturated rings. The highest BCUT2D eigenvalue weighted by molar-refractivity contribution is 9.10. The number of halogens is 1. The quantitative estimate of drug-likeness (QED) is 0.688. The number of amides is 1. The van der Waals surface area contributed by atoms with Crippen LogP contribution in [0, 0.1) is 6.92 Å². The molecule has 0 aliphatic carbocycles. The lowest BCUT2D eigenvalue weighted by Crippen LogP contribution is -2.28. The molecule has 1 amide bonds. The number of carbonyl (C=O) groups excluding carboxylic acids is 1. The van der Waals surface area contributed by atoms with Crippen LogP contribution in [0.3, 0.4) is 0 Å².